The monoisotopic (exact) mass is 431 g/mol. The van der Waals surface area contributed by atoms with Crippen LogP contribution in [0.25, 0.3) is 10.9 Å². The number of hydrazine groups is 1. The first-order chi connectivity index (χ1) is 14.4. The lowest BCUT2D eigenvalue weighted by molar-refractivity contribution is 0.410. The van der Waals surface area contributed by atoms with Crippen LogP contribution in [-0.2, 0) is 11.0 Å². The highest BCUT2D eigenvalue weighted by Gasteiger charge is 2.21. The molecule has 1 atom stereocenters. The van der Waals surface area contributed by atoms with E-state index in [1.165, 1.54) is 28.4 Å². The van der Waals surface area contributed by atoms with Gasteiger partial charge in [-0.25, -0.2) is 17.4 Å². The molecule has 0 fully saturated rings. The van der Waals surface area contributed by atoms with E-state index < -0.39 is 34.2 Å². The smallest absolute Gasteiger partial charge is 0.199 e. The first-order valence-corrected chi connectivity index (χ1v) is 9.91. The first-order valence-electron chi connectivity index (χ1n) is 8.81. The average Bonchev–Trinajstić information content (AvgIpc) is 3.16. The van der Waals surface area contributed by atoms with Gasteiger partial charge in [0.05, 0.1) is 16.1 Å². The van der Waals surface area contributed by atoms with Crippen LogP contribution < -0.4 is 16.0 Å². The second-order valence-corrected chi connectivity index (χ2v) is 7.89. The zero-order valence-corrected chi connectivity index (χ0v) is 16.5. The number of nitrogen functional groups attached to an aromatic ring is 1. The summed E-state index contributed by atoms with van der Waals surface area (Å²) in [6.45, 7) is 1.90. The Morgan fingerprint density at radius 2 is 1.73 bits per heavy atom. The van der Waals surface area contributed by atoms with Gasteiger partial charge < -0.3 is 10.2 Å². The van der Waals surface area contributed by atoms with Crippen LogP contribution in [0.5, 0.6) is 11.5 Å². The summed E-state index contributed by atoms with van der Waals surface area (Å²) >= 11 is 0. The quantitative estimate of drug-likeness (QED) is 0.344. The normalized spacial score (nSPS) is 12.2. The summed E-state index contributed by atoms with van der Waals surface area (Å²) in [7, 11) is -1.69. The van der Waals surface area contributed by atoms with Crippen LogP contribution in [0.1, 0.15) is 5.56 Å². The molecule has 30 heavy (non-hydrogen) atoms. The number of aromatic nitrogens is 1. The summed E-state index contributed by atoms with van der Waals surface area (Å²) < 4.78 is 62.7. The van der Waals surface area contributed by atoms with Gasteiger partial charge >= 0.3 is 0 Å². The molecule has 0 saturated carbocycles. The van der Waals surface area contributed by atoms with Crippen LogP contribution in [0.4, 0.5) is 18.9 Å². The lowest BCUT2D eigenvalue weighted by Gasteiger charge is -2.11. The number of ether oxygens (including phenoxy) is 1. The Morgan fingerprint density at radius 3 is 2.43 bits per heavy atom. The minimum absolute atomic E-state index is 0.0100. The molecular weight excluding hydrogens is 415 g/mol. The fourth-order valence-electron chi connectivity index (χ4n) is 2.97. The van der Waals surface area contributed by atoms with Crippen LogP contribution in [0.3, 0.4) is 0 Å². The molecule has 4 aromatic rings. The second kappa shape index (κ2) is 7.85. The third-order valence-electron chi connectivity index (χ3n) is 4.52. The molecule has 0 aliphatic carbocycles. The molecule has 154 valence electrons. The summed E-state index contributed by atoms with van der Waals surface area (Å²) in [5, 5.41) is 0.0335. The minimum atomic E-state index is -1.69. The maximum atomic E-state index is 15.0. The number of hydrogen-bond acceptors (Lipinski definition) is 4. The van der Waals surface area contributed by atoms with Crippen molar-refractivity contribution in [3.63, 3.8) is 0 Å². The number of nitrogens with zero attached hydrogens (tertiary/aromatic N) is 1. The Balaban J connectivity index is 1.74. The average molecular weight is 431 g/mol. The van der Waals surface area contributed by atoms with Gasteiger partial charge in [0.1, 0.15) is 11.6 Å². The summed E-state index contributed by atoms with van der Waals surface area (Å²) in [6.07, 6.45) is 1.42. The van der Waals surface area contributed by atoms with Crippen molar-refractivity contribution >= 4 is 27.6 Å². The Kier molecular flexibility index (Phi) is 5.23. The Bertz CT molecular complexity index is 1270. The van der Waals surface area contributed by atoms with E-state index >= 15 is 4.39 Å². The van der Waals surface area contributed by atoms with E-state index in [2.05, 4.69) is 5.43 Å². The highest BCUT2D eigenvalue weighted by atomic mass is 32.2. The highest BCUT2D eigenvalue weighted by molar-refractivity contribution is 7.83. The lowest BCUT2D eigenvalue weighted by atomic mass is 10.2. The van der Waals surface area contributed by atoms with Crippen molar-refractivity contribution in [3.8, 4) is 11.5 Å². The van der Waals surface area contributed by atoms with Crippen LogP contribution in [0.2, 0.25) is 0 Å². The summed E-state index contributed by atoms with van der Waals surface area (Å²) in [4.78, 5) is 0.493. The van der Waals surface area contributed by atoms with Gasteiger partial charge in [0.15, 0.2) is 28.4 Å². The molecule has 0 aliphatic heterocycles. The number of benzene rings is 3. The van der Waals surface area contributed by atoms with E-state index in [4.69, 9.17) is 10.6 Å². The highest BCUT2D eigenvalue weighted by Crippen LogP contribution is 2.35. The number of fused-ring (bicyclic) bond motifs is 1. The lowest BCUT2D eigenvalue weighted by Crippen LogP contribution is -2.08. The number of nitrogens with one attached hydrogen (secondary N) is 1. The van der Waals surface area contributed by atoms with Crippen molar-refractivity contribution in [1.29, 1.82) is 0 Å². The van der Waals surface area contributed by atoms with Crippen molar-refractivity contribution in [3.05, 3.63) is 83.8 Å². The van der Waals surface area contributed by atoms with Gasteiger partial charge in [0, 0.05) is 23.7 Å². The van der Waals surface area contributed by atoms with Crippen molar-refractivity contribution in [2.75, 3.05) is 5.43 Å². The fourth-order valence-corrected chi connectivity index (χ4v) is 4.07. The summed E-state index contributed by atoms with van der Waals surface area (Å²) in [5.41, 5.74) is 3.16. The van der Waals surface area contributed by atoms with Gasteiger partial charge in [-0.05, 0) is 37.3 Å². The van der Waals surface area contributed by atoms with Gasteiger partial charge in [0.25, 0.3) is 0 Å². The summed E-state index contributed by atoms with van der Waals surface area (Å²) in [5.74, 6) is 1.95. The Labute approximate surface area is 172 Å². The minimum Gasteiger partial charge on any atom is -0.451 e. The first kappa shape index (κ1) is 20.0. The van der Waals surface area contributed by atoms with Crippen molar-refractivity contribution in [1.82, 2.24) is 3.97 Å². The molecule has 0 saturated heterocycles. The largest absolute Gasteiger partial charge is 0.451 e. The van der Waals surface area contributed by atoms with Crippen LogP contribution in [0.15, 0.2) is 65.7 Å². The van der Waals surface area contributed by atoms with Crippen molar-refractivity contribution < 1.29 is 22.1 Å². The number of anilines is 1. The maximum Gasteiger partial charge on any atom is 0.199 e. The standard InChI is InChI=1S/C21H16F3N3O2S/c1-12-2-5-14(6-3-12)30(28)27-9-8-15-19(27)11-17(23)21(20(15)24)29-13-4-7-16(22)18(10-13)26-25/h2-11,26H,25H2,1H3. The van der Waals surface area contributed by atoms with Gasteiger partial charge in [-0.3, -0.25) is 9.82 Å². The van der Waals surface area contributed by atoms with Gasteiger partial charge in [0.2, 0.25) is 0 Å². The molecule has 0 bridgehead atoms. The predicted octanol–water partition coefficient (Wildman–Crippen LogP) is 5.02. The number of aryl methyl sites for hydroxylation is 1. The van der Waals surface area contributed by atoms with Gasteiger partial charge in [-0.1, -0.05) is 17.7 Å². The van der Waals surface area contributed by atoms with E-state index in [0.29, 0.717) is 4.90 Å². The van der Waals surface area contributed by atoms with Crippen LogP contribution >= 0.6 is 0 Å². The molecule has 0 radical (unpaired) electrons. The molecule has 4 rings (SSSR count). The van der Waals surface area contributed by atoms with Gasteiger partial charge in [-0.2, -0.15) is 0 Å². The Hall–Kier alpha value is -3.30. The maximum absolute atomic E-state index is 15.0. The number of halogens is 3. The van der Waals surface area contributed by atoms with E-state index in [9.17, 15) is 13.0 Å². The molecule has 0 spiro atoms. The van der Waals surface area contributed by atoms with E-state index in [1.807, 2.05) is 6.92 Å². The van der Waals surface area contributed by atoms with Crippen LogP contribution in [-0.4, -0.2) is 8.18 Å². The summed E-state index contributed by atoms with van der Waals surface area (Å²) in [6, 6.07) is 12.9. The number of hydrogen-bond donors (Lipinski definition) is 2. The van der Waals surface area contributed by atoms with Crippen molar-refractivity contribution in [2.24, 2.45) is 5.84 Å². The topological polar surface area (TPSA) is 69.3 Å². The third kappa shape index (κ3) is 3.53. The second-order valence-electron chi connectivity index (χ2n) is 6.53. The molecule has 0 aliphatic rings. The molecule has 1 aromatic heterocycles. The fraction of sp³-hybridized carbons (Fsp3) is 0.0476. The number of nitrogens with two attached hydrogens (primary N) is 1. The van der Waals surface area contributed by atoms with Crippen LogP contribution in [0, 0.1) is 24.4 Å². The molecule has 0 amide bonds. The van der Waals surface area contributed by atoms with E-state index in [0.717, 1.165) is 17.7 Å². The molecule has 3 aromatic carbocycles. The Morgan fingerprint density at radius 1 is 1.00 bits per heavy atom. The van der Waals surface area contributed by atoms with Gasteiger partial charge in [-0.15, -0.1) is 0 Å². The zero-order valence-electron chi connectivity index (χ0n) is 15.7. The molecular formula is C21H16F3N3O2S. The van der Waals surface area contributed by atoms with E-state index in [-0.39, 0.29) is 22.3 Å². The molecule has 5 nitrogen and oxygen atoms in total. The molecule has 1 unspecified atom stereocenters. The SMILES string of the molecule is Cc1ccc(S(=O)n2ccc3c(F)c(Oc4ccc(F)c(NN)c4)c(F)cc32)cc1. The third-order valence-corrected chi connectivity index (χ3v) is 5.87. The number of rotatable bonds is 5. The predicted molar refractivity (Wildman–Crippen MR) is 109 cm³/mol. The molecule has 3 N–H and O–H groups in total. The molecule has 1 heterocycles. The van der Waals surface area contributed by atoms with E-state index in [1.54, 1.807) is 24.3 Å². The zero-order chi connectivity index (χ0) is 21.4. The molecule has 9 heteroatoms. The van der Waals surface area contributed by atoms with Crippen molar-refractivity contribution in [2.45, 2.75) is 11.8 Å².